The number of hydrogen-bond acceptors (Lipinski definition) is 7. The van der Waals surface area contributed by atoms with Crippen molar-refractivity contribution in [2.24, 2.45) is 0 Å². The summed E-state index contributed by atoms with van der Waals surface area (Å²) in [7, 11) is 0. The molecule has 2 heterocycles. The van der Waals surface area contributed by atoms with E-state index in [2.05, 4.69) is 25.9 Å². The summed E-state index contributed by atoms with van der Waals surface area (Å²) in [5.41, 5.74) is -0.142. The molecule has 0 spiro atoms. The third-order valence-corrected chi connectivity index (χ3v) is 4.27. The minimum Gasteiger partial charge on any atom is -0.444 e. The fourth-order valence-electron chi connectivity index (χ4n) is 2.75. The number of ether oxygens (including phenoxy) is 2. The van der Waals surface area contributed by atoms with Gasteiger partial charge in [-0.2, -0.15) is 0 Å². The minimum absolute atomic E-state index is 0.0899. The van der Waals surface area contributed by atoms with Gasteiger partial charge in [-0.05, 0) is 72.2 Å². The first-order chi connectivity index (χ1) is 16.1. The molecular weight excluding hydrogens is 474 g/mol. The highest BCUT2D eigenvalue weighted by atomic mass is 35.5. The molecule has 0 bridgehead atoms. The number of pyridine rings is 2. The highest BCUT2D eigenvalue weighted by Crippen LogP contribution is 2.29. The van der Waals surface area contributed by atoms with Crippen LogP contribution in [0.4, 0.5) is 26.9 Å². The zero-order valence-corrected chi connectivity index (χ0v) is 21.8. The van der Waals surface area contributed by atoms with Gasteiger partial charge >= 0.3 is 12.2 Å². The zero-order valence-electron chi connectivity index (χ0n) is 21.0. The quantitative estimate of drug-likeness (QED) is 0.396. The maximum absolute atomic E-state index is 12.3. The number of rotatable bonds is 6. The summed E-state index contributed by atoms with van der Waals surface area (Å²) in [4.78, 5) is 45.1. The summed E-state index contributed by atoms with van der Waals surface area (Å²) in [6.07, 6.45) is -0.370. The molecule has 2 rings (SSSR count). The number of anilines is 3. The van der Waals surface area contributed by atoms with Gasteiger partial charge in [0.25, 0.3) is 0 Å². The van der Waals surface area contributed by atoms with Crippen LogP contribution in [-0.2, 0) is 14.3 Å². The van der Waals surface area contributed by atoms with Crippen molar-refractivity contribution < 1.29 is 23.9 Å². The Balaban J connectivity index is 2.39. The standard InChI is InChI=1S/C24H32ClN5O5/c1-8-9-19(31)26-16-11-10-15(27-20(16)25)14-12-17(29-21(32)34-23(2,3)4)28-18(13-14)30-22(33)35-24(5,6)7/h10-13H,8-9H2,1-7H3,(H,26,31)(H2,28,29,30,32,33). The molecule has 3 amide bonds. The average molecular weight is 506 g/mol. The van der Waals surface area contributed by atoms with Crippen LogP contribution >= 0.6 is 11.6 Å². The molecule has 2 aromatic rings. The van der Waals surface area contributed by atoms with E-state index in [0.29, 0.717) is 29.8 Å². The number of nitrogens with zero attached hydrogens (tertiary/aromatic N) is 2. The molecule has 0 saturated heterocycles. The molecular formula is C24H32ClN5O5. The summed E-state index contributed by atoms with van der Waals surface area (Å²) < 4.78 is 10.6. The molecule has 10 nitrogen and oxygen atoms in total. The van der Waals surface area contributed by atoms with Gasteiger partial charge in [-0.3, -0.25) is 15.4 Å². The van der Waals surface area contributed by atoms with Crippen molar-refractivity contribution in [3.63, 3.8) is 0 Å². The van der Waals surface area contributed by atoms with E-state index in [4.69, 9.17) is 21.1 Å². The lowest BCUT2D eigenvalue weighted by Crippen LogP contribution is -2.28. The van der Waals surface area contributed by atoms with Gasteiger partial charge in [-0.25, -0.2) is 19.6 Å². The molecule has 0 aromatic carbocycles. The van der Waals surface area contributed by atoms with Gasteiger partial charge in [0.05, 0.1) is 11.4 Å². The smallest absolute Gasteiger partial charge is 0.413 e. The highest BCUT2D eigenvalue weighted by molar-refractivity contribution is 6.32. The number of hydrogen-bond donors (Lipinski definition) is 3. The van der Waals surface area contributed by atoms with Crippen LogP contribution in [0.1, 0.15) is 61.3 Å². The zero-order chi connectivity index (χ0) is 26.4. The van der Waals surface area contributed by atoms with Gasteiger partial charge in [-0.15, -0.1) is 0 Å². The van der Waals surface area contributed by atoms with Crippen molar-refractivity contribution in [2.75, 3.05) is 16.0 Å². The molecule has 3 N–H and O–H groups in total. The summed E-state index contributed by atoms with van der Waals surface area (Å²) >= 11 is 6.30. The molecule has 0 radical (unpaired) electrons. The lowest BCUT2D eigenvalue weighted by molar-refractivity contribution is -0.116. The Kier molecular flexibility index (Phi) is 9.03. The first-order valence-corrected chi connectivity index (χ1v) is 11.5. The van der Waals surface area contributed by atoms with E-state index in [1.54, 1.807) is 65.8 Å². The molecule has 0 saturated carbocycles. The van der Waals surface area contributed by atoms with E-state index in [1.165, 1.54) is 0 Å². The molecule has 0 aliphatic heterocycles. The maximum Gasteiger partial charge on any atom is 0.413 e. The summed E-state index contributed by atoms with van der Waals surface area (Å²) in [5.74, 6) is 0.0580. The summed E-state index contributed by atoms with van der Waals surface area (Å²) in [6.45, 7) is 12.3. The molecule has 0 unspecified atom stereocenters. The second kappa shape index (κ2) is 11.4. The van der Waals surface area contributed by atoms with E-state index in [1.807, 2.05) is 6.92 Å². The number of nitrogens with one attached hydrogen (secondary N) is 3. The second-order valence-corrected chi connectivity index (χ2v) is 10.1. The van der Waals surface area contributed by atoms with Crippen molar-refractivity contribution in [1.82, 2.24) is 9.97 Å². The summed E-state index contributed by atoms with van der Waals surface area (Å²) in [6, 6.07) is 6.38. The van der Waals surface area contributed by atoms with Crippen LogP contribution < -0.4 is 16.0 Å². The number of carbonyl (C=O) groups is 3. The molecule has 0 aliphatic rings. The molecule has 0 aliphatic carbocycles. The number of amides is 3. The lowest BCUT2D eigenvalue weighted by atomic mass is 10.1. The number of halogens is 1. The van der Waals surface area contributed by atoms with Crippen LogP contribution in [0.2, 0.25) is 5.15 Å². The van der Waals surface area contributed by atoms with Gasteiger partial charge in [0, 0.05) is 12.0 Å². The van der Waals surface area contributed by atoms with Crippen LogP contribution in [0.5, 0.6) is 0 Å². The Morgan fingerprint density at radius 2 is 1.37 bits per heavy atom. The average Bonchev–Trinajstić information content (AvgIpc) is 2.66. The predicted octanol–water partition coefficient (Wildman–Crippen LogP) is 6.23. The fourth-order valence-corrected chi connectivity index (χ4v) is 2.95. The monoisotopic (exact) mass is 505 g/mol. The van der Waals surface area contributed by atoms with Crippen LogP contribution in [0.25, 0.3) is 11.3 Å². The molecule has 0 atom stereocenters. The van der Waals surface area contributed by atoms with Crippen LogP contribution in [-0.4, -0.2) is 39.3 Å². The van der Waals surface area contributed by atoms with Crippen molar-refractivity contribution >= 4 is 47.0 Å². The van der Waals surface area contributed by atoms with E-state index in [-0.39, 0.29) is 22.7 Å². The van der Waals surface area contributed by atoms with Crippen molar-refractivity contribution in [1.29, 1.82) is 0 Å². The summed E-state index contributed by atoms with van der Waals surface area (Å²) in [5, 5.41) is 7.91. The Morgan fingerprint density at radius 3 is 1.80 bits per heavy atom. The molecule has 0 fully saturated rings. The van der Waals surface area contributed by atoms with Gasteiger partial charge < -0.3 is 14.8 Å². The molecule has 2 aromatic heterocycles. The highest BCUT2D eigenvalue weighted by Gasteiger charge is 2.20. The van der Waals surface area contributed by atoms with Gasteiger partial charge in [0.15, 0.2) is 5.15 Å². The topological polar surface area (TPSA) is 132 Å². The Labute approximate surface area is 210 Å². The molecule has 11 heteroatoms. The van der Waals surface area contributed by atoms with Crippen LogP contribution in [0.3, 0.4) is 0 Å². The minimum atomic E-state index is -0.717. The Hall–Kier alpha value is -3.40. The maximum atomic E-state index is 12.3. The van der Waals surface area contributed by atoms with Crippen LogP contribution in [0.15, 0.2) is 24.3 Å². The van der Waals surface area contributed by atoms with E-state index in [0.717, 1.165) is 0 Å². The van der Waals surface area contributed by atoms with Gasteiger partial charge in [-0.1, -0.05) is 18.5 Å². The lowest BCUT2D eigenvalue weighted by Gasteiger charge is -2.20. The fraction of sp³-hybridized carbons (Fsp3) is 0.458. The molecule has 35 heavy (non-hydrogen) atoms. The Bertz CT molecular complexity index is 1040. The van der Waals surface area contributed by atoms with Crippen molar-refractivity contribution in [3.05, 3.63) is 29.4 Å². The Morgan fingerprint density at radius 1 is 0.857 bits per heavy atom. The largest absolute Gasteiger partial charge is 0.444 e. The first kappa shape index (κ1) is 27.8. The predicted molar refractivity (Wildman–Crippen MR) is 136 cm³/mol. The van der Waals surface area contributed by atoms with Gasteiger partial charge in [0.1, 0.15) is 22.8 Å². The van der Waals surface area contributed by atoms with E-state index < -0.39 is 23.4 Å². The third-order valence-electron chi connectivity index (χ3n) is 3.98. The number of carbonyl (C=O) groups excluding carboxylic acids is 3. The normalized spacial score (nSPS) is 11.4. The van der Waals surface area contributed by atoms with Gasteiger partial charge in [0.2, 0.25) is 5.91 Å². The van der Waals surface area contributed by atoms with Crippen molar-refractivity contribution in [2.45, 2.75) is 72.5 Å². The van der Waals surface area contributed by atoms with E-state index in [9.17, 15) is 14.4 Å². The first-order valence-electron chi connectivity index (χ1n) is 11.1. The SMILES string of the molecule is CCCC(=O)Nc1ccc(-c2cc(NC(=O)OC(C)(C)C)nc(NC(=O)OC(C)(C)C)c2)nc1Cl. The second-order valence-electron chi connectivity index (χ2n) is 9.71. The van der Waals surface area contributed by atoms with E-state index >= 15 is 0 Å². The number of aromatic nitrogens is 2. The van der Waals surface area contributed by atoms with Crippen LogP contribution in [0, 0.1) is 0 Å². The third kappa shape index (κ3) is 9.78. The molecule has 190 valence electrons. The van der Waals surface area contributed by atoms with Crippen molar-refractivity contribution in [3.8, 4) is 11.3 Å².